The van der Waals surface area contributed by atoms with Crippen molar-refractivity contribution in [1.82, 2.24) is 15.1 Å². The maximum Gasteiger partial charge on any atom is 0.255 e. The highest BCUT2D eigenvalue weighted by atomic mass is 19.1. The molecule has 1 aliphatic carbocycles. The van der Waals surface area contributed by atoms with Gasteiger partial charge in [-0.3, -0.25) is 24.6 Å². The Kier molecular flexibility index (Phi) is 5.99. The first-order chi connectivity index (χ1) is 17.5. The average molecular weight is 492 g/mol. The number of halogens is 1. The maximum absolute atomic E-state index is 13.3. The number of carbonyl (C=O) groups excluding carboxylic acids is 3. The van der Waals surface area contributed by atoms with Crippen LogP contribution in [-0.4, -0.2) is 58.8 Å². The molecular formula is C28H30FN3O4. The molecule has 8 heteroatoms. The molecule has 0 radical (unpaired) electrons. The van der Waals surface area contributed by atoms with Crippen LogP contribution < -0.4 is 10.1 Å². The topological polar surface area (TPSA) is 79.0 Å². The van der Waals surface area contributed by atoms with Crippen molar-refractivity contribution in [3.05, 3.63) is 65.0 Å². The molecule has 3 amide bonds. The molecule has 4 aliphatic rings. The van der Waals surface area contributed by atoms with Crippen molar-refractivity contribution in [1.29, 1.82) is 0 Å². The first kappa shape index (κ1) is 23.2. The fraction of sp³-hybridized carbons (Fsp3) is 0.464. The number of imide groups is 1. The van der Waals surface area contributed by atoms with Gasteiger partial charge in [-0.05, 0) is 67.1 Å². The molecule has 3 atom stereocenters. The van der Waals surface area contributed by atoms with E-state index in [9.17, 15) is 18.8 Å². The summed E-state index contributed by atoms with van der Waals surface area (Å²) < 4.78 is 19.8. The van der Waals surface area contributed by atoms with Gasteiger partial charge in [0.1, 0.15) is 23.7 Å². The summed E-state index contributed by atoms with van der Waals surface area (Å²) in [6, 6.07) is 12.1. The zero-order valence-electron chi connectivity index (χ0n) is 20.1. The molecule has 2 aromatic rings. The number of likely N-dealkylation sites (tertiary alicyclic amines) is 1. The van der Waals surface area contributed by atoms with Gasteiger partial charge in [0, 0.05) is 43.6 Å². The molecule has 7 nitrogen and oxygen atoms in total. The van der Waals surface area contributed by atoms with Gasteiger partial charge < -0.3 is 9.64 Å². The van der Waals surface area contributed by atoms with E-state index < -0.39 is 11.9 Å². The molecule has 2 saturated heterocycles. The van der Waals surface area contributed by atoms with Crippen LogP contribution in [0.3, 0.4) is 0 Å². The lowest BCUT2D eigenvalue weighted by Crippen LogP contribution is -2.57. The van der Waals surface area contributed by atoms with E-state index in [-0.39, 0.29) is 30.2 Å². The summed E-state index contributed by atoms with van der Waals surface area (Å²) in [6.45, 7) is 2.25. The lowest BCUT2D eigenvalue weighted by Gasteiger charge is -2.48. The Bertz CT molecular complexity index is 1190. The number of piperidine rings is 1. The van der Waals surface area contributed by atoms with Gasteiger partial charge in [-0.1, -0.05) is 18.6 Å². The van der Waals surface area contributed by atoms with E-state index >= 15 is 0 Å². The zero-order valence-corrected chi connectivity index (χ0v) is 20.1. The van der Waals surface area contributed by atoms with Crippen molar-refractivity contribution in [2.75, 3.05) is 13.1 Å². The molecule has 1 unspecified atom stereocenters. The summed E-state index contributed by atoms with van der Waals surface area (Å²) in [7, 11) is 0. The average Bonchev–Trinajstić information content (AvgIpc) is 3.16. The third-order valence-electron chi connectivity index (χ3n) is 8.17. The van der Waals surface area contributed by atoms with E-state index in [4.69, 9.17) is 4.74 Å². The van der Waals surface area contributed by atoms with Crippen molar-refractivity contribution < 1.29 is 23.5 Å². The molecule has 3 aliphatic heterocycles. The van der Waals surface area contributed by atoms with Crippen LogP contribution in [0.1, 0.15) is 65.9 Å². The second kappa shape index (κ2) is 9.32. The maximum atomic E-state index is 13.3. The number of nitrogens with one attached hydrogen (secondary N) is 1. The lowest BCUT2D eigenvalue weighted by atomic mass is 9.84. The molecule has 3 heterocycles. The number of amides is 3. The van der Waals surface area contributed by atoms with Crippen molar-refractivity contribution >= 4 is 17.7 Å². The van der Waals surface area contributed by atoms with Crippen molar-refractivity contribution in [2.24, 2.45) is 0 Å². The highest BCUT2D eigenvalue weighted by Gasteiger charge is 2.41. The zero-order chi connectivity index (χ0) is 24.8. The Labute approximate surface area is 209 Å². The van der Waals surface area contributed by atoms with Gasteiger partial charge >= 0.3 is 0 Å². The first-order valence-corrected chi connectivity index (χ1v) is 12.9. The van der Waals surface area contributed by atoms with Crippen LogP contribution in [0.4, 0.5) is 4.39 Å². The standard InChI is InChI=1S/C28H30FN3O4/c29-20-7-5-17(6-8-20)19-14-31(15-19)23-3-1-2-4-25(23)36-21-9-10-22-18(13-21)16-32(28(22)35)24-11-12-26(33)30-27(24)34/h5-10,13,19,23-25H,1-4,11-12,14-16H2,(H,30,33,34)/t23-,24?,25-/m0/s1. The minimum atomic E-state index is -0.616. The molecular weight excluding hydrogens is 461 g/mol. The summed E-state index contributed by atoms with van der Waals surface area (Å²) in [5.74, 6) is 0.115. The monoisotopic (exact) mass is 491 g/mol. The minimum Gasteiger partial charge on any atom is -0.489 e. The predicted octanol–water partition coefficient (Wildman–Crippen LogP) is 3.38. The molecule has 1 N–H and O–H groups in total. The summed E-state index contributed by atoms with van der Waals surface area (Å²) in [4.78, 5) is 40.8. The quantitative estimate of drug-likeness (QED) is 0.649. The molecule has 1 saturated carbocycles. The van der Waals surface area contributed by atoms with E-state index in [1.54, 1.807) is 11.0 Å². The summed E-state index contributed by atoms with van der Waals surface area (Å²) in [5, 5.41) is 2.34. The number of benzene rings is 2. The van der Waals surface area contributed by atoms with E-state index in [0.717, 1.165) is 43.7 Å². The van der Waals surface area contributed by atoms with E-state index in [1.807, 2.05) is 24.3 Å². The molecule has 188 valence electrons. The Morgan fingerprint density at radius 3 is 2.50 bits per heavy atom. The van der Waals surface area contributed by atoms with Crippen LogP contribution in [0.25, 0.3) is 0 Å². The largest absolute Gasteiger partial charge is 0.489 e. The summed E-state index contributed by atoms with van der Waals surface area (Å²) in [6.07, 6.45) is 5.06. The third-order valence-corrected chi connectivity index (χ3v) is 8.17. The Hall–Kier alpha value is -3.26. The van der Waals surface area contributed by atoms with E-state index in [1.165, 1.54) is 24.1 Å². The minimum absolute atomic E-state index is 0.0781. The van der Waals surface area contributed by atoms with Crippen LogP contribution >= 0.6 is 0 Å². The molecule has 0 spiro atoms. The van der Waals surface area contributed by atoms with Gasteiger partial charge in [0.15, 0.2) is 0 Å². The summed E-state index contributed by atoms with van der Waals surface area (Å²) >= 11 is 0. The van der Waals surface area contributed by atoms with Gasteiger partial charge in [-0.2, -0.15) is 0 Å². The van der Waals surface area contributed by atoms with Crippen LogP contribution in [0, 0.1) is 5.82 Å². The normalized spacial score (nSPS) is 27.0. The third kappa shape index (κ3) is 4.28. The molecule has 36 heavy (non-hydrogen) atoms. The van der Waals surface area contributed by atoms with Gasteiger partial charge in [-0.15, -0.1) is 0 Å². The fourth-order valence-electron chi connectivity index (χ4n) is 6.16. The number of ether oxygens (including phenoxy) is 1. The highest BCUT2D eigenvalue weighted by Crippen LogP contribution is 2.36. The summed E-state index contributed by atoms with van der Waals surface area (Å²) in [5.41, 5.74) is 2.64. The van der Waals surface area contributed by atoms with Crippen LogP contribution in [0.15, 0.2) is 42.5 Å². The Morgan fingerprint density at radius 2 is 1.72 bits per heavy atom. The molecule has 0 aromatic heterocycles. The van der Waals surface area contributed by atoms with Gasteiger partial charge in [0.25, 0.3) is 5.91 Å². The number of hydrogen-bond acceptors (Lipinski definition) is 5. The van der Waals surface area contributed by atoms with Crippen LogP contribution in [-0.2, 0) is 16.1 Å². The van der Waals surface area contributed by atoms with Gasteiger partial charge in [0.05, 0.1) is 0 Å². The fourth-order valence-corrected chi connectivity index (χ4v) is 6.16. The van der Waals surface area contributed by atoms with Crippen molar-refractivity contribution in [3.63, 3.8) is 0 Å². The molecule has 3 fully saturated rings. The lowest BCUT2D eigenvalue weighted by molar-refractivity contribution is -0.136. The molecule has 2 aromatic carbocycles. The predicted molar refractivity (Wildman–Crippen MR) is 130 cm³/mol. The number of rotatable bonds is 5. The molecule has 0 bridgehead atoms. The van der Waals surface area contributed by atoms with Crippen LogP contribution in [0.2, 0.25) is 0 Å². The Balaban J connectivity index is 1.11. The Morgan fingerprint density at radius 1 is 0.944 bits per heavy atom. The van der Waals surface area contributed by atoms with E-state index in [2.05, 4.69) is 10.2 Å². The van der Waals surface area contributed by atoms with Gasteiger partial charge in [0.2, 0.25) is 11.8 Å². The van der Waals surface area contributed by atoms with Crippen molar-refractivity contribution in [3.8, 4) is 5.75 Å². The first-order valence-electron chi connectivity index (χ1n) is 12.9. The number of hydrogen-bond donors (Lipinski definition) is 1. The second-order valence-corrected chi connectivity index (χ2v) is 10.4. The smallest absolute Gasteiger partial charge is 0.255 e. The number of fused-ring (bicyclic) bond motifs is 1. The van der Waals surface area contributed by atoms with Crippen molar-refractivity contribution in [2.45, 2.75) is 69.2 Å². The highest BCUT2D eigenvalue weighted by molar-refractivity contribution is 6.05. The van der Waals surface area contributed by atoms with Crippen LogP contribution in [0.5, 0.6) is 5.75 Å². The van der Waals surface area contributed by atoms with Gasteiger partial charge in [-0.25, -0.2) is 4.39 Å². The SMILES string of the molecule is O=C1CCC(N2Cc3cc(O[C@H]4CCCC[C@@H]4N4CC(c5ccc(F)cc5)C4)ccc3C2=O)C(=O)N1. The number of nitrogens with zero attached hydrogens (tertiary/aromatic N) is 2. The molecule has 6 rings (SSSR count). The second-order valence-electron chi connectivity index (χ2n) is 10.4. The number of carbonyl (C=O) groups is 3. The van der Waals surface area contributed by atoms with E-state index in [0.29, 0.717) is 30.5 Å².